The topological polar surface area (TPSA) is 45.5 Å². The van der Waals surface area contributed by atoms with Crippen molar-refractivity contribution in [2.45, 2.75) is 102 Å². The molecular formula is C36H48N2O2. The second-order valence-electron chi connectivity index (χ2n) is 12.2. The molecule has 4 nitrogen and oxygen atoms in total. The van der Waals surface area contributed by atoms with Crippen LogP contribution in [-0.4, -0.2) is 40.1 Å². The number of β-amino-alcohol motifs (C(OH)–C–C–N with tert-alkyl or cyclic N) is 1. The van der Waals surface area contributed by atoms with Crippen LogP contribution in [-0.2, 0) is 6.54 Å². The summed E-state index contributed by atoms with van der Waals surface area (Å²) in [5.41, 5.74) is 5.43. The van der Waals surface area contributed by atoms with Gasteiger partial charge in [-0.05, 0) is 74.1 Å². The molecule has 0 bridgehead atoms. The number of aliphatic hydroxyl groups is 1. The lowest BCUT2D eigenvalue weighted by Gasteiger charge is -2.33. The largest absolute Gasteiger partial charge is 0.391 e. The number of likely N-dealkylation sites (tertiary alicyclic amines) is 1. The fourth-order valence-electron chi connectivity index (χ4n) is 7.42. The van der Waals surface area contributed by atoms with E-state index in [1.165, 1.54) is 62.3 Å². The molecule has 2 aromatic rings. The van der Waals surface area contributed by atoms with Crippen LogP contribution in [0.15, 0.2) is 55.3 Å². The highest BCUT2D eigenvalue weighted by molar-refractivity contribution is 5.91. The third kappa shape index (κ3) is 6.47. The average molecular weight is 541 g/mol. The van der Waals surface area contributed by atoms with Crippen LogP contribution in [0.4, 0.5) is 0 Å². The maximum atomic E-state index is 11.5. The van der Waals surface area contributed by atoms with E-state index < -0.39 is 0 Å². The van der Waals surface area contributed by atoms with Gasteiger partial charge in [0.15, 0.2) is 0 Å². The van der Waals surface area contributed by atoms with E-state index in [9.17, 15) is 4.79 Å². The summed E-state index contributed by atoms with van der Waals surface area (Å²) in [6.45, 7) is 8.98. The number of piperidine rings is 1. The first-order valence-corrected chi connectivity index (χ1v) is 15.4. The zero-order valence-corrected chi connectivity index (χ0v) is 24.4. The second-order valence-corrected chi connectivity index (χ2v) is 12.2. The Morgan fingerprint density at radius 2 is 1.80 bits per heavy atom. The zero-order chi connectivity index (χ0) is 28.5. The number of hydrogen-bond donors (Lipinski definition) is 1. The van der Waals surface area contributed by atoms with Crippen LogP contribution in [0.5, 0.6) is 0 Å². The number of aromatic nitrogens is 1. The van der Waals surface area contributed by atoms with Crippen molar-refractivity contribution in [3.63, 3.8) is 0 Å². The molecule has 2 fully saturated rings. The Hall–Kier alpha value is -3.03. The molecule has 4 aliphatic rings. The van der Waals surface area contributed by atoms with Crippen LogP contribution < -0.4 is 0 Å². The smallest absolute Gasteiger partial charge is 0.150 e. The summed E-state index contributed by atoms with van der Waals surface area (Å²) in [5.74, 6) is 1.08. The third-order valence-electron chi connectivity index (χ3n) is 9.46. The minimum Gasteiger partial charge on any atom is -0.391 e. The van der Waals surface area contributed by atoms with Crippen molar-refractivity contribution in [2.75, 3.05) is 13.1 Å². The standard InChI is InChI=1S/C27H33NO.C7H13NO.C2H2/c1-27-15-8-4-7-12-23(27)26-25(21-10-5-2-3-6-11-21)22-14-13-20(19-29)18-24(22)28(26)17-9-16-27;1-2-8-5-3-4-7(9)6-8;1-2/h7-8,12-15,18-19,21,23H,2-6,9-11,16-17H2,1H3;2,7,9H,1,3-6H2;1-2H. The first-order chi connectivity index (χ1) is 19.5. The van der Waals surface area contributed by atoms with Crippen molar-refractivity contribution < 1.29 is 9.90 Å². The van der Waals surface area contributed by atoms with Gasteiger partial charge < -0.3 is 14.6 Å². The first kappa shape index (κ1) is 29.9. The number of terminal acetylenes is 1. The number of benzene rings is 1. The Morgan fingerprint density at radius 3 is 2.48 bits per heavy atom. The van der Waals surface area contributed by atoms with E-state index in [-0.39, 0.29) is 11.5 Å². The van der Waals surface area contributed by atoms with Crippen molar-refractivity contribution in [3.05, 3.63) is 72.1 Å². The summed E-state index contributed by atoms with van der Waals surface area (Å²) in [6.07, 6.45) is 34.0. The summed E-state index contributed by atoms with van der Waals surface area (Å²) in [4.78, 5) is 13.6. The predicted molar refractivity (Wildman–Crippen MR) is 168 cm³/mol. The quantitative estimate of drug-likeness (QED) is 0.185. The number of carbonyl (C=O) groups excluding carboxylic acids is 1. The lowest BCUT2D eigenvalue weighted by molar-refractivity contribution is 0.0943. The van der Waals surface area contributed by atoms with Crippen LogP contribution in [0.2, 0.25) is 0 Å². The maximum Gasteiger partial charge on any atom is 0.150 e. The summed E-state index contributed by atoms with van der Waals surface area (Å²) in [6, 6.07) is 6.41. The van der Waals surface area contributed by atoms with Gasteiger partial charge in [0.1, 0.15) is 6.29 Å². The molecule has 2 aliphatic carbocycles. The van der Waals surface area contributed by atoms with Crippen LogP contribution in [0.3, 0.4) is 0 Å². The highest BCUT2D eigenvalue weighted by atomic mass is 16.3. The van der Waals surface area contributed by atoms with Gasteiger partial charge in [0, 0.05) is 47.7 Å². The van der Waals surface area contributed by atoms with Crippen LogP contribution in [0.1, 0.15) is 111 Å². The van der Waals surface area contributed by atoms with Crippen molar-refractivity contribution in [1.29, 1.82) is 0 Å². The van der Waals surface area contributed by atoms with Gasteiger partial charge in [-0.2, -0.15) is 0 Å². The lowest BCUT2D eigenvalue weighted by Crippen LogP contribution is -2.34. The van der Waals surface area contributed by atoms with Gasteiger partial charge in [-0.1, -0.05) is 75.6 Å². The molecule has 2 aliphatic heterocycles. The fourth-order valence-corrected chi connectivity index (χ4v) is 7.42. The predicted octanol–water partition coefficient (Wildman–Crippen LogP) is 8.13. The molecule has 6 rings (SSSR count). The minimum atomic E-state index is -0.128. The SMILES string of the molecule is C#C.C=CN1CCCC(O)C1.CC12C=CCC=CC1c1c(C3CCCCCC3)c3ccc(C=O)cc3n1CCC2. The highest BCUT2D eigenvalue weighted by Crippen LogP contribution is 2.51. The van der Waals surface area contributed by atoms with Crippen molar-refractivity contribution in [2.24, 2.45) is 5.41 Å². The molecule has 0 radical (unpaired) electrons. The normalized spacial score (nSPS) is 26.4. The second kappa shape index (κ2) is 14.0. The average Bonchev–Trinajstić information content (AvgIpc) is 3.23. The van der Waals surface area contributed by atoms with Gasteiger partial charge in [0.05, 0.1) is 6.10 Å². The Bertz CT molecular complexity index is 1230. The Labute approximate surface area is 241 Å². The Kier molecular flexibility index (Phi) is 10.5. The molecule has 1 saturated carbocycles. The zero-order valence-electron chi connectivity index (χ0n) is 24.4. The Morgan fingerprint density at radius 1 is 1.02 bits per heavy atom. The summed E-state index contributed by atoms with van der Waals surface area (Å²) in [5, 5.41) is 10.5. The molecule has 3 atom stereocenters. The minimum absolute atomic E-state index is 0.128. The molecule has 40 heavy (non-hydrogen) atoms. The van der Waals surface area contributed by atoms with E-state index in [1.807, 2.05) is 11.0 Å². The molecule has 1 aromatic carbocycles. The summed E-state index contributed by atoms with van der Waals surface area (Å²) in [7, 11) is 0. The van der Waals surface area contributed by atoms with Crippen LogP contribution in [0.25, 0.3) is 10.9 Å². The molecule has 1 N–H and O–H groups in total. The Balaban J connectivity index is 0.000000285. The summed E-state index contributed by atoms with van der Waals surface area (Å²) < 4.78 is 2.60. The molecular weight excluding hydrogens is 492 g/mol. The van der Waals surface area contributed by atoms with Crippen molar-refractivity contribution in [3.8, 4) is 12.8 Å². The van der Waals surface area contributed by atoms with Gasteiger partial charge >= 0.3 is 0 Å². The number of hydrogen-bond acceptors (Lipinski definition) is 3. The third-order valence-corrected chi connectivity index (χ3v) is 9.46. The lowest BCUT2D eigenvalue weighted by atomic mass is 9.71. The summed E-state index contributed by atoms with van der Waals surface area (Å²) >= 11 is 0. The number of rotatable bonds is 3. The van der Waals surface area contributed by atoms with Gasteiger partial charge in [-0.3, -0.25) is 4.79 Å². The first-order valence-electron chi connectivity index (χ1n) is 15.4. The van der Waals surface area contributed by atoms with E-state index in [4.69, 9.17) is 5.11 Å². The van der Waals surface area contributed by atoms with Crippen molar-refractivity contribution >= 4 is 17.2 Å². The van der Waals surface area contributed by atoms with Gasteiger partial charge in [-0.25, -0.2) is 0 Å². The van der Waals surface area contributed by atoms with Crippen LogP contribution >= 0.6 is 0 Å². The molecule has 1 aromatic heterocycles. The number of fused-ring (bicyclic) bond motifs is 5. The van der Waals surface area contributed by atoms with E-state index in [1.54, 1.807) is 17.5 Å². The molecule has 0 spiro atoms. The van der Waals surface area contributed by atoms with E-state index >= 15 is 0 Å². The number of carbonyl (C=O) groups is 1. The number of allylic oxidation sites excluding steroid dienone is 4. The van der Waals surface area contributed by atoms with E-state index in [2.05, 4.69) is 67.4 Å². The maximum absolute atomic E-state index is 11.5. The monoisotopic (exact) mass is 540 g/mol. The number of aldehydes is 1. The fraction of sp³-hybridized carbons (Fsp3) is 0.528. The number of aryl methyl sites for hydroxylation is 1. The molecule has 3 unspecified atom stereocenters. The molecule has 1 saturated heterocycles. The highest BCUT2D eigenvalue weighted by Gasteiger charge is 2.39. The van der Waals surface area contributed by atoms with Gasteiger partial charge in [-0.15, -0.1) is 12.8 Å². The van der Waals surface area contributed by atoms with E-state index in [0.29, 0.717) is 11.8 Å². The molecule has 214 valence electrons. The van der Waals surface area contributed by atoms with E-state index in [0.717, 1.165) is 50.7 Å². The molecule has 4 heteroatoms. The molecule has 0 amide bonds. The van der Waals surface area contributed by atoms with Crippen molar-refractivity contribution in [1.82, 2.24) is 9.47 Å². The number of nitrogens with zero attached hydrogens (tertiary/aromatic N) is 2. The van der Waals surface area contributed by atoms with Gasteiger partial charge in [0.2, 0.25) is 0 Å². The molecule has 3 heterocycles. The van der Waals surface area contributed by atoms with Gasteiger partial charge in [0.25, 0.3) is 0 Å². The number of aliphatic hydroxyl groups excluding tert-OH is 1. The van der Waals surface area contributed by atoms with Crippen LogP contribution in [0, 0.1) is 18.3 Å².